The maximum atomic E-state index is 13.8. The van der Waals surface area contributed by atoms with Crippen molar-refractivity contribution in [1.29, 1.82) is 0 Å². The maximum Gasteiger partial charge on any atom is 0.410 e. The lowest BCUT2D eigenvalue weighted by Gasteiger charge is -2.40. The smallest absolute Gasteiger partial charge is 0.410 e. The molecule has 0 atom stereocenters. The topological polar surface area (TPSA) is 55.8 Å². The number of hydrogen-bond acceptors (Lipinski definition) is 4. The van der Waals surface area contributed by atoms with Gasteiger partial charge in [0.2, 0.25) is 0 Å². The number of rotatable bonds is 3. The Kier molecular flexibility index (Phi) is 6.32. The minimum atomic E-state index is -0.770. The molecule has 5 nitrogen and oxygen atoms in total. The molecule has 1 heterocycles. The highest BCUT2D eigenvalue weighted by atomic mass is 79.9. The van der Waals surface area contributed by atoms with Gasteiger partial charge in [-0.25, -0.2) is 9.18 Å². The van der Waals surface area contributed by atoms with Gasteiger partial charge in [0.05, 0.1) is 17.0 Å². The number of carbonyl (C=O) groups is 2. The van der Waals surface area contributed by atoms with Gasteiger partial charge in [-0.15, -0.1) is 0 Å². The Morgan fingerprint density at radius 2 is 1.88 bits per heavy atom. The average molecular weight is 430 g/mol. The molecule has 1 aromatic rings. The van der Waals surface area contributed by atoms with E-state index in [9.17, 15) is 14.0 Å². The highest BCUT2D eigenvalue weighted by Gasteiger charge is 2.44. The standard InChI is InChI=1S/C19H25BrFNO4/c1-18(2,3)26-17(24)22-9-7-19(8-10-22,16(23)25-4)12-13-5-6-14(20)15(21)11-13/h5-6,11H,7-10,12H2,1-4H3. The van der Waals surface area contributed by atoms with E-state index in [1.54, 1.807) is 17.0 Å². The van der Waals surface area contributed by atoms with Crippen molar-refractivity contribution in [3.63, 3.8) is 0 Å². The Hall–Kier alpha value is -1.63. The number of esters is 1. The van der Waals surface area contributed by atoms with E-state index in [0.29, 0.717) is 36.8 Å². The van der Waals surface area contributed by atoms with Crippen LogP contribution in [0, 0.1) is 11.2 Å². The predicted molar refractivity (Wildman–Crippen MR) is 99.3 cm³/mol. The van der Waals surface area contributed by atoms with Crippen molar-refractivity contribution < 1.29 is 23.5 Å². The highest BCUT2D eigenvalue weighted by Crippen LogP contribution is 2.37. The SMILES string of the molecule is COC(=O)C1(Cc2ccc(Br)c(F)c2)CCN(C(=O)OC(C)(C)C)CC1. The molecule has 26 heavy (non-hydrogen) atoms. The maximum absolute atomic E-state index is 13.8. The molecule has 0 spiro atoms. The van der Waals surface area contributed by atoms with Crippen LogP contribution < -0.4 is 0 Å². The Morgan fingerprint density at radius 3 is 2.38 bits per heavy atom. The van der Waals surface area contributed by atoms with E-state index in [1.807, 2.05) is 20.8 Å². The molecule has 1 aliphatic heterocycles. The molecule has 0 unspecified atom stereocenters. The van der Waals surface area contributed by atoms with Gasteiger partial charge in [0.1, 0.15) is 11.4 Å². The van der Waals surface area contributed by atoms with Crippen LogP contribution in [0.1, 0.15) is 39.2 Å². The van der Waals surface area contributed by atoms with Gasteiger partial charge in [-0.3, -0.25) is 4.79 Å². The van der Waals surface area contributed by atoms with Gasteiger partial charge in [0.15, 0.2) is 0 Å². The lowest BCUT2D eigenvalue weighted by Crippen LogP contribution is -2.49. The zero-order chi connectivity index (χ0) is 19.5. The molecular weight excluding hydrogens is 405 g/mol. The highest BCUT2D eigenvalue weighted by molar-refractivity contribution is 9.10. The van der Waals surface area contributed by atoms with Crippen LogP contribution in [0.5, 0.6) is 0 Å². The normalized spacial score (nSPS) is 16.9. The van der Waals surface area contributed by atoms with Crippen molar-refractivity contribution in [2.75, 3.05) is 20.2 Å². The predicted octanol–water partition coefficient (Wildman–Crippen LogP) is 4.32. The summed E-state index contributed by atoms with van der Waals surface area (Å²) in [5.41, 5.74) is -0.613. The third kappa shape index (κ3) is 4.96. The first-order valence-electron chi connectivity index (χ1n) is 8.57. The minimum Gasteiger partial charge on any atom is -0.469 e. The van der Waals surface area contributed by atoms with E-state index in [1.165, 1.54) is 13.2 Å². The Labute approximate surface area is 162 Å². The van der Waals surface area contributed by atoms with Crippen LogP contribution in [-0.4, -0.2) is 42.8 Å². The Balaban J connectivity index is 2.13. The van der Waals surface area contributed by atoms with Gasteiger partial charge in [-0.2, -0.15) is 0 Å². The summed E-state index contributed by atoms with van der Waals surface area (Å²) in [4.78, 5) is 26.3. The largest absolute Gasteiger partial charge is 0.469 e. The van der Waals surface area contributed by atoms with Crippen LogP contribution in [0.3, 0.4) is 0 Å². The zero-order valence-electron chi connectivity index (χ0n) is 15.6. The number of nitrogens with zero attached hydrogens (tertiary/aromatic N) is 1. The fourth-order valence-electron chi connectivity index (χ4n) is 3.15. The summed E-state index contributed by atoms with van der Waals surface area (Å²) in [6.07, 6.45) is 0.866. The summed E-state index contributed by atoms with van der Waals surface area (Å²) >= 11 is 3.13. The molecule has 2 rings (SSSR count). The second-order valence-corrected chi connectivity index (χ2v) is 8.52. The number of piperidine rings is 1. The Bertz CT molecular complexity index is 679. The van der Waals surface area contributed by atoms with Gasteiger partial charge in [-0.1, -0.05) is 6.07 Å². The fourth-order valence-corrected chi connectivity index (χ4v) is 3.40. The first-order valence-corrected chi connectivity index (χ1v) is 9.36. The molecule has 0 N–H and O–H groups in total. The molecule has 0 radical (unpaired) electrons. The quantitative estimate of drug-likeness (QED) is 0.671. The number of benzene rings is 1. The number of amides is 1. The Morgan fingerprint density at radius 1 is 1.27 bits per heavy atom. The number of methoxy groups -OCH3 is 1. The number of hydrogen-bond donors (Lipinski definition) is 0. The van der Waals surface area contributed by atoms with Crippen LogP contribution in [0.25, 0.3) is 0 Å². The number of halogens is 2. The van der Waals surface area contributed by atoms with Crippen molar-refractivity contribution in [2.24, 2.45) is 5.41 Å². The van der Waals surface area contributed by atoms with Gasteiger partial charge < -0.3 is 14.4 Å². The van der Waals surface area contributed by atoms with E-state index in [4.69, 9.17) is 9.47 Å². The van der Waals surface area contributed by atoms with E-state index in [-0.39, 0.29) is 17.9 Å². The summed E-state index contributed by atoms with van der Waals surface area (Å²) < 4.78 is 24.6. The van der Waals surface area contributed by atoms with E-state index >= 15 is 0 Å². The van der Waals surface area contributed by atoms with Crippen molar-refractivity contribution in [3.8, 4) is 0 Å². The average Bonchev–Trinajstić information content (AvgIpc) is 2.56. The monoisotopic (exact) mass is 429 g/mol. The van der Waals surface area contributed by atoms with Crippen LogP contribution >= 0.6 is 15.9 Å². The minimum absolute atomic E-state index is 0.329. The summed E-state index contributed by atoms with van der Waals surface area (Å²) in [6, 6.07) is 4.85. The molecule has 0 saturated carbocycles. The summed E-state index contributed by atoms with van der Waals surface area (Å²) in [5.74, 6) is -0.696. The van der Waals surface area contributed by atoms with Crippen molar-refractivity contribution in [1.82, 2.24) is 4.90 Å². The molecule has 7 heteroatoms. The molecule has 0 bridgehead atoms. The summed E-state index contributed by atoms with van der Waals surface area (Å²) in [6.45, 7) is 6.23. The van der Waals surface area contributed by atoms with Crippen molar-refractivity contribution in [2.45, 2.75) is 45.6 Å². The molecule has 1 fully saturated rings. The van der Waals surface area contributed by atoms with Gasteiger partial charge in [0.25, 0.3) is 0 Å². The second-order valence-electron chi connectivity index (χ2n) is 7.66. The molecule has 144 valence electrons. The second kappa shape index (κ2) is 7.94. The zero-order valence-corrected chi connectivity index (χ0v) is 17.2. The van der Waals surface area contributed by atoms with Crippen LogP contribution in [0.4, 0.5) is 9.18 Å². The number of carbonyl (C=O) groups excluding carboxylic acids is 2. The fraction of sp³-hybridized carbons (Fsp3) is 0.579. The van der Waals surface area contributed by atoms with Gasteiger partial charge >= 0.3 is 12.1 Å². The van der Waals surface area contributed by atoms with E-state index < -0.39 is 11.0 Å². The molecule has 0 aliphatic carbocycles. The first kappa shape index (κ1) is 20.7. The third-order valence-corrected chi connectivity index (χ3v) is 5.16. The molecule has 1 saturated heterocycles. The van der Waals surface area contributed by atoms with Crippen LogP contribution in [0.2, 0.25) is 0 Å². The van der Waals surface area contributed by atoms with Crippen LogP contribution in [0.15, 0.2) is 22.7 Å². The molecule has 0 aromatic heterocycles. The van der Waals surface area contributed by atoms with Gasteiger partial charge in [-0.05, 0) is 73.7 Å². The lowest BCUT2D eigenvalue weighted by molar-refractivity contribution is -0.155. The number of likely N-dealkylation sites (tertiary alicyclic amines) is 1. The van der Waals surface area contributed by atoms with Gasteiger partial charge in [0, 0.05) is 13.1 Å². The number of ether oxygens (including phenoxy) is 2. The summed E-state index contributed by atoms with van der Waals surface area (Å²) in [5, 5.41) is 0. The lowest BCUT2D eigenvalue weighted by atomic mass is 9.74. The van der Waals surface area contributed by atoms with E-state index in [2.05, 4.69) is 15.9 Å². The van der Waals surface area contributed by atoms with E-state index in [0.717, 1.165) is 5.56 Å². The third-order valence-electron chi connectivity index (χ3n) is 4.52. The molecule has 1 aromatic carbocycles. The molecule has 1 amide bonds. The summed E-state index contributed by atoms with van der Waals surface area (Å²) in [7, 11) is 1.35. The first-order chi connectivity index (χ1) is 12.1. The molecule has 1 aliphatic rings. The van der Waals surface area contributed by atoms with Crippen molar-refractivity contribution in [3.05, 3.63) is 34.1 Å². The van der Waals surface area contributed by atoms with Crippen LogP contribution in [-0.2, 0) is 20.7 Å². The molecular formula is C19H25BrFNO4. The van der Waals surface area contributed by atoms with Crippen molar-refractivity contribution >= 4 is 28.0 Å².